The number of pyridine rings is 2. The van der Waals surface area contributed by atoms with Gasteiger partial charge in [-0.25, -0.2) is 9.97 Å². The maximum Gasteiger partial charge on any atom is 0.406 e. The summed E-state index contributed by atoms with van der Waals surface area (Å²) in [6.07, 6.45) is 7.14. The van der Waals surface area contributed by atoms with Crippen molar-refractivity contribution in [1.82, 2.24) is 19.9 Å². The molecule has 1 atom stereocenters. The molecule has 4 heterocycles. The molecule has 3 aromatic heterocycles. The summed E-state index contributed by atoms with van der Waals surface area (Å²) in [6.45, 7) is 6.34. The lowest BCUT2D eigenvalue weighted by atomic mass is 9.98. The number of nitro groups is 1. The second-order valence-electron chi connectivity index (χ2n) is 9.22. The molecule has 1 aliphatic rings. The van der Waals surface area contributed by atoms with E-state index < -0.39 is 10.5 Å². The number of ether oxygens (including phenoxy) is 1. The number of aromatic nitrogens is 3. The van der Waals surface area contributed by atoms with E-state index in [-0.39, 0.29) is 18.2 Å². The minimum atomic E-state index is -0.579. The van der Waals surface area contributed by atoms with Gasteiger partial charge in [0.2, 0.25) is 5.75 Å². The molecule has 0 saturated carbocycles. The highest BCUT2D eigenvalue weighted by Crippen LogP contribution is 2.37. The summed E-state index contributed by atoms with van der Waals surface area (Å²) < 4.78 is 11.5. The van der Waals surface area contributed by atoms with Crippen LogP contribution in [-0.2, 0) is 11.1 Å². The van der Waals surface area contributed by atoms with Gasteiger partial charge >= 0.3 is 5.82 Å². The zero-order valence-corrected chi connectivity index (χ0v) is 24.7. The quantitative estimate of drug-likeness (QED) is 0.0963. The van der Waals surface area contributed by atoms with Gasteiger partial charge in [-0.2, -0.15) is 0 Å². The summed E-state index contributed by atoms with van der Waals surface area (Å²) in [6, 6.07) is 5.26. The van der Waals surface area contributed by atoms with E-state index in [1.54, 1.807) is 35.7 Å². The van der Waals surface area contributed by atoms with Gasteiger partial charge in [0.1, 0.15) is 24.1 Å². The molecule has 1 saturated heterocycles. The molecule has 9 nitrogen and oxygen atoms in total. The highest BCUT2D eigenvalue weighted by molar-refractivity contribution is 14.2. The molecule has 37 heavy (non-hydrogen) atoms. The summed E-state index contributed by atoms with van der Waals surface area (Å²) in [4.78, 5) is 27.4. The van der Waals surface area contributed by atoms with E-state index in [0.29, 0.717) is 18.1 Å². The Bertz CT molecular complexity index is 1320. The Morgan fingerprint density at radius 2 is 2.05 bits per heavy atom. The minimum Gasteiger partial charge on any atom is -0.481 e. The Kier molecular flexibility index (Phi) is 9.42. The van der Waals surface area contributed by atoms with Crippen molar-refractivity contribution in [3.05, 3.63) is 63.2 Å². The summed E-state index contributed by atoms with van der Waals surface area (Å²) in [5, 5.41) is 12.7. The predicted octanol–water partition coefficient (Wildman–Crippen LogP) is 5.99. The molecule has 3 aromatic rings. The summed E-state index contributed by atoms with van der Waals surface area (Å²) in [5.41, 5.74) is 1.53. The zero-order chi connectivity index (χ0) is 26.4. The lowest BCUT2D eigenvalue weighted by molar-refractivity contribution is -0.390. The van der Waals surface area contributed by atoms with Gasteiger partial charge in [0.25, 0.3) is 0 Å². The van der Waals surface area contributed by atoms with Crippen molar-refractivity contribution in [3.63, 3.8) is 0 Å². The van der Waals surface area contributed by atoms with Crippen LogP contribution < -0.4 is 4.74 Å². The van der Waals surface area contributed by atoms with Gasteiger partial charge < -0.3 is 24.3 Å². The van der Waals surface area contributed by atoms with Gasteiger partial charge in [-0.05, 0) is 102 Å². The van der Waals surface area contributed by atoms with Crippen LogP contribution in [0, 0.1) is 22.0 Å². The Hall–Kier alpha value is -2.23. The molecule has 0 aromatic carbocycles. The third kappa shape index (κ3) is 7.65. The van der Waals surface area contributed by atoms with Gasteiger partial charge in [-0.3, -0.25) is 0 Å². The maximum absolute atomic E-state index is 11.6. The first-order valence-electron chi connectivity index (χ1n) is 11.7. The molecular weight excluding hydrogens is 624 g/mol. The second kappa shape index (κ2) is 12.5. The van der Waals surface area contributed by atoms with Crippen LogP contribution in [0.3, 0.4) is 0 Å². The fourth-order valence-electron chi connectivity index (χ4n) is 3.81. The third-order valence-corrected chi connectivity index (χ3v) is 8.34. The van der Waals surface area contributed by atoms with E-state index in [4.69, 9.17) is 9.26 Å². The topological polar surface area (TPSA) is 104 Å². The smallest absolute Gasteiger partial charge is 0.406 e. The van der Waals surface area contributed by atoms with Crippen LogP contribution in [0.1, 0.15) is 48.9 Å². The number of halogens is 1. The lowest BCUT2D eigenvalue weighted by Gasteiger charge is -2.27. The van der Waals surface area contributed by atoms with E-state index in [0.717, 1.165) is 46.9 Å². The Morgan fingerprint density at radius 3 is 2.78 bits per heavy atom. The number of thiazole rings is 1. The molecule has 0 amide bonds. The number of nitrogens with zero attached hydrogens (tertiary/aromatic N) is 5. The standard InChI is InChI=1S/C25H27IN5O4PS/c1-25(2,35-36-26)8-4-20-12-17(5-9-27-20)16-34-21-13-19(14-28-23(21)31(32)33)22-15-29-24(37-22)18-6-10-30(3)11-7-18/h5,9,12-15,18,36H,6-7,10-11,16H2,1-3H3. The van der Waals surface area contributed by atoms with Crippen LogP contribution in [0.15, 0.2) is 36.8 Å². The van der Waals surface area contributed by atoms with E-state index in [1.165, 1.54) is 6.20 Å². The van der Waals surface area contributed by atoms with Crippen molar-refractivity contribution >= 4 is 45.6 Å². The molecule has 194 valence electrons. The lowest BCUT2D eigenvalue weighted by Crippen LogP contribution is -2.29. The first kappa shape index (κ1) is 27.8. The van der Waals surface area contributed by atoms with E-state index >= 15 is 0 Å². The molecule has 0 radical (unpaired) electrons. The zero-order valence-electron chi connectivity index (χ0n) is 20.7. The summed E-state index contributed by atoms with van der Waals surface area (Å²) in [7, 11) is 2.14. The Morgan fingerprint density at radius 1 is 1.27 bits per heavy atom. The number of hydrogen-bond acceptors (Lipinski definition) is 9. The molecule has 1 aliphatic heterocycles. The Balaban J connectivity index is 1.51. The van der Waals surface area contributed by atoms with Crippen LogP contribution >= 0.6 is 39.8 Å². The maximum atomic E-state index is 11.6. The van der Waals surface area contributed by atoms with Crippen LogP contribution in [-0.4, -0.2) is 50.5 Å². The van der Waals surface area contributed by atoms with Crippen molar-refractivity contribution in [2.45, 2.75) is 44.8 Å². The fourth-order valence-corrected chi connectivity index (χ4v) is 6.77. The highest BCUT2D eigenvalue weighted by atomic mass is 127. The molecule has 0 spiro atoms. The average molecular weight is 651 g/mol. The molecule has 0 bridgehead atoms. The monoisotopic (exact) mass is 651 g/mol. The molecule has 1 fully saturated rings. The Labute approximate surface area is 234 Å². The van der Waals surface area contributed by atoms with Crippen molar-refractivity contribution < 1.29 is 14.2 Å². The fraction of sp³-hybridized carbons (Fsp3) is 0.400. The van der Waals surface area contributed by atoms with E-state index in [9.17, 15) is 10.1 Å². The molecular formula is C25H27IN5O4PS. The average Bonchev–Trinajstić information content (AvgIpc) is 3.37. The number of piperidine rings is 1. The first-order chi connectivity index (χ1) is 17.7. The molecule has 4 rings (SSSR count). The third-order valence-electron chi connectivity index (χ3n) is 5.89. The van der Waals surface area contributed by atoms with Crippen LogP contribution in [0.2, 0.25) is 0 Å². The number of rotatable bonds is 8. The van der Waals surface area contributed by atoms with E-state index in [1.807, 2.05) is 20.0 Å². The van der Waals surface area contributed by atoms with Crippen LogP contribution in [0.25, 0.3) is 10.4 Å². The molecule has 0 N–H and O–H groups in total. The van der Waals surface area contributed by atoms with Crippen molar-refractivity contribution in [3.8, 4) is 28.0 Å². The summed E-state index contributed by atoms with van der Waals surface area (Å²) in [5.74, 6) is 6.34. The van der Waals surface area contributed by atoms with Crippen molar-refractivity contribution in [2.75, 3.05) is 20.1 Å². The minimum absolute atomic E-state index is 0.110. The molecule has 0 aliphatic carbocycles. The SMILES string of the molecule is CN1CCC(c2ncc(-c3cnc([N+](=O)[O-])c(OCc4ccnc(C#CC(C)(C)OPI)c4)c3)s2)CC1. The van der Waals surface area contributed by atoms with Gasteiger partial charge in [0.15, 0.2) is 0 Å². The number of hydrogen-bond donors (Lipinski definition) is 0. The molecule has 1 unspecified atom stereocenters. The van der Waals surface area contributed by atoms with Gasteiger partial charge in [-0.1, -0.05) is 5.92 Å². The van der Waals surface area contributed by atoms with Gasteiger partial charge in [-0.15, -0.1) is 11.3 Å². The second-order valence-corrected chi connectivity index (χ2v) is 12.0. The number of likely N-dealkylation sites (tertiary alicyclic amines) is 1. The normalized spacial score (nSPS) is 15.0. The molecule has 12 heteroatoms. The predicted molar refractivity (Wildman–Crippen MR) is 154 cm³/mol. The van der Waals surface area contributed by atoms with Crippen LogP contribution in [0.4, 0.5) is 5.82 Å². The van der Waals surface area contributed by atoms with Crippen LogP contribution in [0.5, 0.6) is 5.75 Å². The van der Waals surface area contributed by atoms with Gasteiger partial charge in [0, 0.05) is 29.9 Å². The highest BCUT2D eigenvalue weighted by Gasteiger charge is 2.23. The van der Waals surface area contributed by atoms with Crippen molar-refractivity contribution in [2.24, 2.45) is 0 Å². The summed E-state index contributed by atoms with van der Waals surface area (Å²) >= 11 is 3.78. The first-order valence-corrected chi connectivity index (χ1v) is 16.5. The largest absolute Gasteiger partial charge is 0.481 e. The van der Waals surface area contributed by atoms with Crippen molar-refractivity contribution in [1.29, 1.82) is 0 Å². The van der Waals surface area contributed by atoms with Gasteiger partial charge in [0.05, 0.1) is 16.3 Å². The van der Waals surface area contributed by atoms with E-state index in [2.05, 4.69) is 60.8 Å².